The van der Waals surface area contributed by atoms with Gasteiger partial charge in [-0.3, -0.25) is 4.79 Å². The lowest BCUT2D eigenvalue weighted by atomic mass is 10.2. The molecule has 142 valence electrons. The van der Waals surface area contributed by atoms with Crippen LogP contribution >= 0.6 is 24.0 Å². The van der Waals surface area contributed by atoms with Gasteiger partial charge in [-0.1, -0.05) is 18.2 Å². The molecule has 1 aliphatic rings. The maximum atomic E-state index is 13.5. The number of carbonyl (C=O) groups is 1. The first-order valence-electron chi connectivity index (χ1n) is 8.90. The van der Waals surface area contributed by atoms with Crippen molar-refractivity contribution in [3.8, 4) is 0 Å². The van der Waals surface area contributed by atoms with Crippen LogP contribution in [0.2, 0.25) is 0 Å². The van der Waals surface area contributed by atoms with Crippen LogP contribution in [0.5, 0.6) is 0 Å². The van der Waals surface area contributed by atoms with E-state index < -0.39 is 0 Å². The van der Waals surface area contributed by atoms with Crippen molar-refractivity contribution in [2.45, 2.75) is 18.6 Å². The number of anilines is 2. The summed E-state index contributed by atoms with van der Waals surface area (Å²) in [5.74, 6) is 1.49. The zero-order valence-electron chi connectivity index (χ0n) is 14.9. The third-order valence-electron chi connectivity index (χ3n) is 4.26. The molecule has 4 nitrogen and oxygen atoms in total. The average molecular weight is 404 g/mol. The lowest BCUT2D eigenvalue weighted by Crippen LogP contribution is -2.30. The Kier molecular flexibility index (Phi) is 7.06. The minimum absolute atomic E-state index is 0.158. The topological polar surface area (TPSA) is 44.4 Å². The van der Waals surface area contributed by atoms with Crippen LogP contribution in [-0.4, -0.2) is 29.9 Å². The highest BCUT2D eigenvalue weighted by Crippen LogP contribution is 2.23. The number of hydrogen-bond acceptors (Lipinski definition) is 3. The second-order valence-electron chi connectivity index (χ2n) is 6.22. The molecule has 0 radical (unpaired) electrons. The maximum Gasteiger partial charge on any atom is 0.227 e. The number of nitrogens with zero attached hydrogens (tertiary/aromatic N) is 1. The quantitative estimate of drug-likeness (QED) is 0.537. The molecule has 0 atom stereocenters. The van der Waals surface area contributed by atoms with Gasteiger partial charge in [0.1, 0.15) is 5.82 Å². The van der Waals surface area contributed by atoms with E-state index in [0.29, 0.717) is 23.8 Å². The highest BCUT2D eigenvalue weighted by atomic mass is 32.2. The Morgan fingerprint density at radius 1 is 1.19 bits per heavy atom. The van der Waals surface area contributed by atoms with Gasteiger partial charge in [0.2, 0.25) is 5.91 Å². The Morgan fingerprint density at radius 2 is 1.96 bits per heavy atom. The summed E-state index contributed by atoms with van der Waals surface area (Å²) in [6.45, 7) is 1.49. The molecule has 2 aromatic rings. The van der Waals surface area contributed by atoms with Crippen LogP contribution in [0.25, 0.3) is 0 Å². The molecule has 0 bridgehead atoms. The average Bonchev–Trinajstić information content (AvgIpc) is 3.09. The number of thioether (sulfide) groups is 1. The normalized spacial score (nSPS) is 13.7. The van der Waals surface area contributed by atoms with E-state index in [1.165, 1.54) is 6.07 Å². The molecule has 7 heteroatoms. The molecule has 1 saturated heterocycles. The van der Waals surface area contributed by atoms with Gasteiger partial charge in [-0.25, -0.2) is 4.39 Å². The third-order valence-corrected chi connectivity index (χ3v) is 5.51. The Bertz CT molecular complexity index is 798. The van der Waals surface area contributed by atoms with Gasteiger partial charge in [0.15, 0.2) is 5.11 Å². The van der Waals surface area contributed by atoms with Gasteiger partial charge >= 0.3 is 0 Å². The van der Waals surface area contributed by atoms with Crippen LogP contribution in [0.15, 0.2) is 48.5 Å². The molecule has 2 N–H and O–H groups in total. The van der Waals surface area contributed by atoms with E-state index in [2.05, 4.69) is 10.6 Å². The Hall–Kier alpha value is -2.12. The fourth-order valence-electron chi connectivity index (χ4n) is 2.86. The maximum absolute atomic E-state index is 13.5. The van der Waals surface area contributed by atoms with E-state index in [9.17, 15) is 9.18 Å². The SMILES string of the molecule is O=C1CCCN1c1ccc(NC(=S)NCCSCc2ccccc2F)cc1. The minimum Gasteiger partial charge on any atom is -0.362 e. The van der Waals surface area contributed by atoms with Gasteiger partial charge < -0.3 is 15.5 Å². The van der Waals surface area contributed by atoms with E-state index in [4.69, 9.17) is 12.2 Å². The summed E-state index contributed by atoms with van der Waals surface area (Å²) < 4.78 is 13.5. The molecule has 1 aliphatic heterocycles. The van der Waals surface area contributed by atoms with Crippen molar-refractivity contribution >= 4 is 46.4 Å². The van der Waals surface area contributed by atoms with Crippen LogP contribution in [0.4, 0.5) is 15.8 Å². The molecule has 2 aromatic carbocycles. The van der Waals surface area contributed by atoms with E-state index >= 15 is 0 Å². The molecule has 3 rings (SSSR count). The minimum atomic E-state index is -0.158. The molecule has 0 unspecified atom stereocenters. The highest BCUT2D eigenvalue weighted by molar-refractivity contribution is 7.98. The first-order chi connectivity index (χ1) is 13.1. The van der Waals surface area contributed by atoms with E-state index in [-0.39, 0.29) is 11.7 Å². The van der Waals surface area contributed by atoms with Crippen molar-refractivity contribution in [2.24, 2.45) is 0 Å². The second-order valence-corrected chi connectivity index (χ2v) is 7.73. The zero-order valence-corrected chi connectivity index (χ0v) is 16.5. The smallest absolute Gasteiger partial charge is 0.227 e. The van der Waals surface area contributed by atoms with Gasteiger partial charge in [-0.15, -0.1) is 0 Å². The summed E-state index contributed by atoms with van der Waals surface area (Å²) in [5, 5.41) is 6.83. The van der Waals surface area contributed by atoms with Gasteiger partial charge in [0.05, 0.1) is 0 Å². The molecule has 1 fully saturated rings. The number of nitrogens with one attached hydrogen (secondary N) is 2. The standard InChI is InChI=1S/C20H22FN3OS2/c21-18-5-2-1-4-15(18)14-27-13-11-22-20(26)23-16-7-9-17(10-8-16)24-12-3-6-19(24)25/h1-2,4-5,7-10H,3,6,11-14H2,(H2,22,23,26). The van der Waals surface area contributed by atoms with Crippen molar-refractivity contribution in [1.82, 2.24) is 5.32 Å². The third kappa shape index (κ3) is 5.68. The Labute approximate surface area is 168 Å². The Balaban J connectivity index is 1.36. The van der Waals surface area contributed by atoms with Crippen LogP contribution in [0, 0.1) is 5.82 Å². The molecular weight excluding hydrogens is 381 g/mol. The van der Waals surface area contributed by atoms with Crippen molar-refractivity contribution < 1.29 is 9.18 Å². The van der Waals surface area contributed by atoms with Crippen molar-refractivity contribution in [3.05, 3.63) is 59.9 Å². The number of carbonyl (C=O) groups excluding carboxylic acids is 1. The first kappa shape index (κ1) is 19.6. The van der Waals surface area contributed by atoms with Gasteiger partial charge in [0, 0.05) is 42.4 Å². The number of halogens is 1. The molecule has 0 aromatic heterocycles. The summed E-state index contributed by atoms with van der Waals surface area (Å²) in [5.41, 5.74) is 2.52. The van der Waals surface area contributed by atoms with E-state index in [1.807, 2.05) is 35.2 Å². The Morgan fingerprint density at radius 3 is 2.67 bits per heavy atom. The lowest BCUT2D eigenvalue weighted by molar-refractivity contribution is -0.117. The van der Waals surface area contributed by atoms with Gasteiger partial charge in [-0.2, -0.15) is 11.8 Å². The number of thiocarbonyl (C=S) groups is 1. The molecule has 27 heavy (non-hydrogen) atoms. The predicted octanol–water partition coefficient (Wildman–Crippen LogP) is 4.17. The monoisotopic (exact) mass is 403 g/mol. The summed E-state index contributed by atoms with van der Waals surface area (Å²) in [6, 6.07) is 14.5. The second kappa shape index (κ2) is 9.71. The molecule has 1 amide bonds. The van der Waals surface area contributed by atoms with Gasteiger partial charge in [0.25, 0.3) is 0 Å². The van der Waals surface area contributed by atoms with E-state index in [0.717, 1.165) is 35.7 Å². The van der Waals surface area contributed by atoms with Crippen LogP contribution in [0.1, 0.15) is 18.4 Å². The van der Waals surface area contributed by atoms with Crippen LogP contribution in [-0.2, 0) is 10.5 Å². The fourth-order valence-corrected chi connectivity index (χ4v) is 3.92. The molecule has 0 saturated carbocycles. The lowest BCUT2D eigenvalue weighted by Gasteiger charge is -2.16. The molecular formula is C20H22FN3OS2. The summed E-state index contributed by atoms with van der Waals surface area (Å²) in [7, 11) is 0. The number of amides is 1. The number of rotatable bonds is 7. The molecule has 1 heterocycles. The van der Waals surface area contributed by atoms with Crippen molar-refractivity contribution in [2.75, 3.05) is 29.1 Å². The van der Waals surface area contributed by atoms with Crippen LogP contribution in [0.3, 0.4) is 0 Å². The first-order valence-corrected chi connectivity index (χ1v) is 10.5. The van der Waals surface area contributed by atoms with Gasteiger partial charge in [-0.05, 0) is 54.5 Å². The predicted molar refractivity (Wildman–Crippen MR) is 115 cm³/mol. The zero-order chi connectivity index (χ0) is 19.1. The largest absolute Gasteiger partial charge is 0.362 e. The summed E-state index contributed by atoms with van der Waals surface area (Å²) in [4.78, 5) is 13.6. The number of hydrogen-bond donors (Lipinski definition) is 2. The summed E-state index contributed by atoms with van der Waals surface area (Å²) >= 11 is 6.96. The number of benzene rings is 2. The summed E-state index contributed by atoms with van der Waals surface area (Å²) in [6.07, 6.45) is 1.55. The van der Waals surface area contributed by atoms with Crippen molar-refractivity contribution in [3.63, 3.8) is 0 Å². The molecule has 0 aliphatic carbocycles. The van der Waals surface area contributed by atoms with Crippen molar-refractivity contribution in [1.29, 1.82) is 0 Å². The fraction of sp³-hybridized carbons (Fsp3) is 0.300. The van der Waals surface area contributed by atoms with E-state index in [1.54, 1.807) is 23.9 Å². The highest BCUT2D eigenvalue weighted by Gasteiger charge is 2.21. The van der Waals surface area contributed by atoms with Crippen LogP contribution < -0.4 is 15.5 Å². The molecule has 0 spiro atoms.